The van der Waals surface area contributed by atoms with Crippen LogP contribution in [0.2, 0.25) is 0 Å². The van der Waals surface area contributed by atoms with Crippen molar-refractivity contribution in [1.29, 1.82) is 0 Å². The molecule has 2 aliphatic rings. The number of nitrogens with zero attached hydrogens (tertiary/aromatic N) is 4. The molecule has 3 rings (SSSR count). The van der Waals surface area contributed by atoms with Crippen molar-refractivity contribution in [3.05, 3.63) is 22.5 Å². The Morgan fingerprint density at radius 1 is 1.35 bits per heavy atom. The molecule has 2 aliphatic heterocycles. The van der Waals surface area contributed by atoms with Crippen LogP contribution in [0.5, 0.6) is 0 Å². The summed E-state index contributed by atoms with van der Waals surface area (Å²) in [6.07, 6.45) is 4.88. The van der Waals surface area contributed by atoms with E-state index < -0.39 is 11.0 Å². The van der Waals surface area contributed by atoms with Gasteiger partial charge in [0.2, 0.25) is 5.91 Å². The minimum absolute atomic E-state index is 0.00916. The molecule has 0 bridgehead atoms. The molecule has 0 radical (unpaired) electrons. The Hall–Kier alpha value is -1.96. The number of hydrogen-bond donors (Lipinski definition) is 0. The highest BCUT2D eigenvalue weighted by molar-refractivity contribution is 5.82. The van der Waals surface area contributed by atoms with E-state index in [2.05, 4.69) is 5.10 Å². The maximum atomic E-state index is 12.4. The first-order valence-electron chi connectivity index (χ1n) is 6.73. The molecule has 108 valence electrons. The number of carbonyl (C=O) groups excluding carboxylic acids is 1. The zero-order chi connectivity index (χ0) is 14.1. The SMILES string of the molecule is O=C1C(n2cc([N+](=O)[O-])cn2)CCN1C1CCOCC1. The molecule has 0 N–H and O–H groups in total. The zero-order valence-corrected chi connectivity index (χ0v) is 11.0. The van der Waals surface area contributed by atoms with Crippen molar-refractivity contribution in [3.8, 4) is 0 Å². The van der Waals surface area contributed by atoms with Crippen LogP contribution in [0.1, 0.15) is 25.3 Å². The summed E-state index contributed by atoms with van der Waals surface area (Å²) in [5.41, 5.74) is -0.0812. The van der Waals surface area contributed by atoms with Crippen molar-refractivity contribution in [2.24, 2.45) is 0 Å². The lowest BCUT2D eigenvalue weighted by atomic mass is 10.1. The molecule has 3 heterocycles. The van der Waals surface area contributed by atoms with Gasteiger partial charge < -0.3 is 9.64 Å². The standard InChI is InChI=1S/C12H16N4O4/c17-12-11(15-8-10(7-13-15)16(18)19)1-4-14(12)9-2-5-20-6-3-9/h7-9,11H,1-6H2. The first-order valence-corrected chi connectivity index (χ1v) is 6.73. The van der Waals surface area contributed by atoms with Crippen molar-refractivity contribution in [2.75, 3.05) is 19.8 Å². The molecule has 2 saturated heterocycles. The van der Waals surface area contributed by atoms with Gasteiger partial charge in [0.05, 0.1) is 4.92 Å². The van der Waals surface area contributed by atoms with E-state index in [4.69, 9.17) is 4.74 Å². The number of aromatic nitrogens is 2. The van der Waals surface area contributed by atoms with Crippen LogP contribution in [-0.2, 0) is 9.53 Å². The van der Waals surface area contributed by atoms with Crippen molar-refractivity contribution in [3.63, 3.8) is 0 Å². The van der Waals surface area contributed by atoms with Crippen LogP contribution in [0.15, 0.2) is 12.4 Å². The molecule has 0 spiro atoms. The van der Waals surface area contributed by atoms with Gasteiger partial charge in [-0.3, -0.25) is 19.6 Å². The summed E-state index contributed by atoms with van der Waals surface area (Å²) in [7, 11) is 0. The number of carbonyl (C=O) groups is 1. The van der Waals surface area contributed by atoms with Crippen molar-refractivity contribution < 1.29 is 14.5 Å². The molecule has 1 aromatic rings. The molecule has 20 heavy (non-hydrogen) atoms. The van der Waals surface area contributed by atoms with E-state index in [1.165, 1.54) is 17.1 Å². The Balaban J connectivity index is 1.72. The average Bonchev–Trinajstić information content (AvgIpc) is 3.06. The van der Waals surface area contributed by atoms with Gasteiger partial charge in [-0.2, -0.15) is 5.10 Å². The summed E-state index contributed by atoms with van der Waals surface area (Å²) < 4.78 is 6.72. The fourth-order valence-corrected chi connectivity index (χ4v) is 2.88. The summed E-state index contributed by atoms with van der Waals surface area (Å²) in [4.78, 5) is 24.5. The quantitative estimate of drug-likeness (QED) is 0.601. The van der Waals surface area contributed by atoms with Crippen LogP contribution in [-0.4, -0.2) is 51.3 Å². The van der Waals surface area contributed by atoms with Crippen LogP contribution in [0, 0.1) is 10.1 Å². The van der Waals surface area contributed by atoms with Gasteiger partial charge in [-0.05, 0) is 19.3 Å². The third kappa shape index (κ3) is 2.26. The van der Waals surface area contributed by atoms with E-state index in [1.807, 2.05) is 4.90 Å². The molecule has 1 atom stereocenters. The number of ether oxygens (including phenoxy) is 1. The molecule has 8 nitrogen and oxygen atoms in total. The van der Waals surface area contributed by atoms with E-state index in [0.29, 0.717) is 26.2 Å². The highest BCUT2D eigenvalue weighted by atomic mass is 16.6. The first-order chi connectivity index (χ1) is 9.66. The van der Waals surface area contributed by atoms with Gasteiger partial charge in [0, 0.05) is 25.8 Å². The number of amides is 1. The van der Waals surface area contributed by atoms with Gasteiger partial charge in [0.25, 0.3) is 0 Å². The largest absolute Gasteiger partial charge is 0.381 e. The fourth-order valence-electron chi connectivity index (χ4n) is 2.88. The maximum absolute atomic E-state index is 12.4. The lowest BCUT2D eigenvalue weighted by Gasteiger charge is -2.31. The molecule has 1 amide bonds. The maximum Gasteiger partial charge on any atom is 0.307 e. The number of nitro groups is 1. The Kier molecular flexibility index (Phi) is 3.39. The predicted octanol–water partition coefficient (Wildman–Crippen LogP) is 0.744. The van der Waals surface area contributed by atoms with E-state index in [-0.39, 0.29) is 17.6 Å². The van der Waals surface area contributed by atoms with Crippen molar-refractivity contribution in [2.45, 2.75) is 31.3 Å². The summed E-state index contributed by atoms with van der Waals surface area (Å²) >= 11 is 0. The van der Waals surface area contributed by atoms with E-state index in [1.54, 1.807) is 0 Å². The van der Waals surface area contributed by atoms with Crippen LogP contribution >= 0.6 is 0 Å². The van der Waals surface area contributed by atoms with Crippen LogP contribution < -0.4 is 0 Å². The normalized spacial score (nSPS) is 24.3. The Morgan fingerprint density at radius 3 is 2.75 bits per heavy atom. The lowest BCUT2D eigenvalue weighted by molar-refractivity contribution is -0.385. The molecule has 0 saturated carbocycles. The summed E-state index contributed by atoms with van der Waals surface area (Å²) in [6.45, 7) is 2.06. The second-order valence-electron chi connectivity index (χ2n) is 5.12. The molecule has 0 aliphatic carbocycles. The highest BCUT2D eigenvalue weighted by Crippen LogP contribution is 2.28. The summed E-state index contributed by atoms with van der Waals surface area (Å²) in [5.74, 6) is 0.00916. The first kappa shape index (κ1) is 13.0. The average molecular weight is 280 g/mol. The van der Waals surface area contributed by atoms with Gasteiger partial charge in [-0.15, -0.1) is 0 Å². The Morgan fingerprint density at radius 2 is 2.10 bits per heavy atom. The van der Waals surface area contributed by atoms with Crippen molar-refractivity contribution >= 4 is 11.6 Å². The lowest BCUT2D eigenvalue weighted by Crippen LogP contribution is -2.41. The van der Waals surface area contributed by atoms with Crippen LogP contribution in [0.25, 0.3) is 0 Å². The number of hydrogen-bond acceptors (Lipinski definition) is 5. The van der Waals surface area contributed by atoms with Gasteiger partial charge >= 0.3 is 5.69 Å². The molecule has 1 aromatic heterocycles. The van der Waals surface area contributed by atoms with Crippen LogP contribution in [0.3, 0.4) is 0 Å². The minimum atomic E-state index is -0.501. The van der Waals surface area contributed by atoms with Crippen LogP contribution in [0.4, 0.5) is 5.69 Å². The molecular formula is C12H16N4O4. The second-order valence-corrected chi connectivity index (χ2v) is 5.12. The second kappa shape index (κ2) is 5.20. The van der Waals surface area contributed by atoms with Gasteiger partial charge in [-0.25, -0.2) is 0 Å². The topological polar surface area (TPSA) is 90.5 Å². The van der Waals surface area contributed by atoms with Gasteiger partial charge in [-0.1, -0.05) is 0 Å². The minimum Gasteiger partial charge on any atom is -0.381 e. The van der Waals surface area contributed by atoms with E-state index in [0.717, 1.165) is 12.8 Å². The summed E-state index contributed by atoms with van der Waals surface area (Å²) in [5, 5.41) is 14.6. The van der Waals surface area contributed by atoms with Gasteiger partial charge in [0.1, 0.15) is 18.4 Å². The highest BCUT2D eigenvalue weighted by Gasteiger charge is 2.38. The molecule has 0 aromatic carbocycles. The Bertz CT molecular complexity index is 523. The predicted molar refractivity (Wildman–Crippen MR) is 68.1 cm³/mol. The van der Waals surface area contributed by atoms with Gasteiger partial charge in [0.15, 0.2) is 0 Å². The third-order valence-corrected chi connectivity index (χ3v) is 3.96. The Labute approximate surface area is 115 Å². The molecule has 1 unspecified atom stereocenters. The van der Waals surface area contributed by atoms with E-state index in [9.17, 15) is 14.9 Å². The van der Waals surface area contributed by atoms with E-state index >= 15 is 0 Å². The summed E-state index contributed by atoms with van der Waals surface area (Å²) in [6, 6.07) is -0.182. The van der Waals surface area contributed by atoms with Crippen molar-refractivity contribution in [1.82, 2.24) is 14.7 Å². The fraction of sp³-hybridized carbons (Fsp3) is 0.667. The third-order valence-electron chi connectivity index (χ3n) is 3.96. The molecule has 2 fully saturated rings. The zero-order valence-electron chi connectivity index (χ0n) is 11.0. The monoisotopic (exact) mass is 280 g/mol. The smallest absolute Gasteiger partial charge is 0.307 e. The number of rotatable bonds is 3. The molecular weight excluding hydrogens is 264 g/mol. The number of likely N-dealkylation sites (tertiary alicyclic amines) is 1. The molecule has 8 heteroatoms.